The maximum atomic E-state index is 13.3. The van der Waals surface area contributed by atoms with Gasteiger partial charge in [-0.2, -0.15) is 0 Å². The molecule has 0 bridgehead atoms. The Morgan fingerprint density at radius 2 is 1.58 bits per heavy atom. The highest BCUT2D eigenvalue weighted by Gasteiger charge is 2.22. The van der Waals surface area contributed by atoms with Crippen LogP contribution in [0.4, 0.5) is 5.69 Å². The van der Waals surface area contributed by atoms with E-state index in [0.717, 1.165) is 56.8 Å². The number of anilines is 1. The van der Waals surface area contributed by atoms with Crippen molar-refractivity contribution in [3.05, 3.63) is 90.0 Å². The van der Waals surface area contributed by atoms with Crippen LogP contribution < -0.4 is 4.90 Å². The van der Waals surface area contributed by atoms with E-state index in [-0.39, 0.29) is 11.8 Å². The van der Waals surface area contributed by atoms with E-state index in [4.69, 9.17) is 4.74 Å². The Morgan fingerprint density at radius 1 is 0.909 bits per heavy atom. The summed E-state index contributed by atoms with van der Waals surface area (Å²) in [5.74, 6) is 0.199. The molecule has 33 heavy (non-hydrogen) atoms. The van der Waals surface area contributed by atoms with Gasteiger partial charge in [-0.3, -0.25) is 9.69 Å². The molecule has 1 aliphatic heterocycles. The number of morpholine rings is 1. The second kappa shape index (κ2) is 11.3. The van der Waals surface area contributed by atoms with E-state index >= 15 is 0 Å². The van der Waals surface area contributed by atoms with Gasteiger partial charge in [0.2, 0.25) is 0 Å². The maximum Gasteiger partial charge on any atom is 0.179 e. The first-order valence-electron chi connectivity index (χ1n) is 11.9. The smallest absolute Gasteiger partial charge is 0.179 e. The largest absolute Gasteiger partial charge is 0.378 e. The molecule has 0 aliphatic carbocycles. The standard InChI is InChI=1S/C29H34N2O2/c1-30(2)28(29(32)25-15-17-26(18-16-25)31-19-21-33-22-20-31)14-8-12-24-11-6-7-13-27(24)23-9-4-3-5-10-23/h3-7,9-11,13,15-18,28H,8,12,14,19-22H2,1-2H3. The Hall–Kier alpha value is -2.95. The van der Waals surface area contributed by atoms with Crippen molar-refractivity contribution in [1.82, 2.24) is 4.90 Å². The Bertz CT molecular complexity index is 1030. The number of Topliss-reactive ketones (excluding diaryl/α,β-unsaturated/α-hetero) is 1. The number of hydrogen-bond donors (Lipinski definition) is 0. The lowest BCUT2D eigenvalue weighted by Crippen LogP contribution is -2.37. The second-order valence-corrected chi connectivity index (χ2v) is 8.91. The van der Waals surface area contributed by atoms with Crippen LogP contribution in [0.25, 0.3) is 11.1 Å². The Balaban J connectivity index is 1.40. The number of rotatable bonds is 9. The molecule has 172 valence electrons. The molecule has 3 aromatic rings. The Labute approximate surface area is 197 Å². The van der Waals surface area contributed by atoms with Gasteiger partial charge in [-0.25, -0.2) is 0 Å². The summed E-state index contributed by atoms with van der Waals surface area (Å²) in [6.07, 6.45) is 2.75. The van der Waals surface area contributed by atoms with Crippen molar-refractivity contribution in [2.75, 3.05) is 45.3 Å². The average Bonchev–Trinajstić information content (AvgIpc) is 2.87. The van der Waals surface area contributed by atoms with Crippen molar-refractivity contribution in [2.45, 2.75) is 25.3 Å². The fraction of sp³-hybridized carbons (Fsp3) is 0.345. The summed E-state index contributed by atoms with van der Waals surface area (Å²) in [6, 6.07) is 27.1. The number of nitrogens with zero attached hydrogens (tertiary/aromatic N) is 2. The van der Waals surface area contributed by atoms with E-state index in [9.17, 15) is 4.79 Å². The number of ketones is 1. The SMILES string of the molecule is CN(C)C(CCCc1ccccc1-c1ccccc1)C(=O)c1ccc(N2CCOCC2)cc1. The zero-order valence-electron chi connectivity index (χ0n) is 19.7. The second-order valence-electron chi connectivity index (χ2n) is 8.91. The first kappa shape index (κ1) is 23.2. The summed E-state index contributed by atoms with van der Waals surface area (Å²) >= 11 is 0. The van der Waals surface area contributed by atoms with Gasteiger partial charge in [0.25, 0.3) is 0 Å². The number of carbonyl (C=O) groups excluding carboxylic acids is 1. The number of ether oxygens (including phenoxy) is 1. The van der Waals surface area contributed by atoms with Crippen molar-refractivity contribution in [3.63, 3.8) is 0 Å². The molecule has 1 aliphatic rings. The molecule has 1 heterocycles. The first-order chi connectivity index (χ1) is 16.1. The predicted octanol–water partition coefficient (Wildman–Crippen LogP) is 5.33. The summed E-state index contributed by atoms with van der Waals surface area (Å²) in [5, 5.41) is 0. The van der Waals surface area contributed by atoms with Crippen LogP contribution in [-0.4, -0.2) is 57.1 Å². The van der Waals surface area contributed by atoms with Crippen LogP contribution in [0.1, 0.15) is 28.8 Å². The highest BCUT2D eigenvalue weighted by atomic mass is 16.5. The fourth-order valence-electron chi connectivity index (χ4n) is 4.60. The van der Waals surface area contributed by atoms with E-state index in [1.54, 1.807) is 0 Å². The molecular weight excluding hydrogens is 408 g/mol. The van der Waals surface area contributed by atoms with E-state index in [0.29, 0.717) is 0 Å². The van der Waals surface area contributed by atoms with Gasteiger partial charge < -0.3 is 9.64 Å². The number of aryl methyl sites for hydroxylation is 1. The molecule has 0 aromatic heterocycles. The molecule has 3 aromatic carbocycles. The predicted molar refractivity (Wildman–Crippen MR) is 136 cm³/mol. The van der Waals surface area contributed by atoms with Crippen LogP contribution >= 0.6 is 0 Å². The summed E-state index contributed by atoms with van der Waals surface area (Å²) in [6.45, 7) is 3.32. The normalized spacial score (nSPS) is 14.9. The third-order valence-corrected chi connectivity index (χ3v) is 6.48. The van der Waals surface area contributed by atoms with Gasteiger partial charge in [0.15, 0.2) is 5.78 Å². The fourth-order valence-corrected chi connectivity index (χ4v) is 4.60. The van der Waals surface area contributed by atoms with Crippen molar-refractivity contribution in [2.24, 2.45) is 0 Å². The third kappa shape index (κ3) is 5.89. The molecule has 1 atom stereocenters. The summed E-state index contributed by atoms with van der Waals surface area (Å²) in [7, 11) is 4.01. The van der Waals surface area contributed by atoms with Gasteiger partial charge in [0, 0.05) is 24.3 Å². The van der Waals surface area contributed by atoms with Crippen molar-refractivity contribution < 1.29 is 9.53 Å². The molecule has 0 amide bonds. The quantitative estimate of drug-likeness (QED) is 0.420. The molecule has 1 saturated heterocycles. The zero-order valence-corrected chi connectivity index (χ0v) is 19.7. The molecule has 0 N–H and O–H groups in total. The molecule has 0 spiro atoms. The third-order valence-electron chi connectivity index (χ3n) is 6.48. The number of carbonyl (C=O) groups is 1. The number of hydrogen-bond acceptors (Lipinski definition) is 4. The van der Waals surface area contributed by atoms with Crippen LogP contribution in [0.2, 0.25) is 0 Å². The van der Waals surface area contributed by atoms with Gasteiger partial charge in [0.1, 0.15) is 0 Å². The Kier molecular flexibility index (Phi) is 7.92. The topological polar surface area (TPSA) is 32.8 Å². The van der Waals surface area contributed by atoms with Crippen LogP contribution in [-0.2, 0) is 11.2 Å². The van der Waals surface area contributed by atoms with Crippen LogP contribution in [0.15, 0.2) is 78.9 Å². The summed E-state index contributed by atoms with van der Waals surface area (Å²) in [4.78, 5) is 17.7. The molecule has 4 nitrogen and oxygen atoms in total. The van der Waals surface area contributed by atoms with Gasteiger partial charge in [-0.05, 0) is 74.3 Å². The molecule has 0 saturated carbocycles. The summed E-state index contributed by atoms with van der Waals surface area (Å²) < 4.78 is 5.44. The van der Waals surface area contributed by atoms with Crippen LogP contribution in [0.5, 0.6) is 0 Å². The van der Waals surface area contributed by atoms with Crippen molar-refractivity contribution in [1.29, 1.82) is 0 Å². The van der Waals surface area contributed by atoms with Crippen molar-refractivity contribution in [3.8, 4) is 11.1 Å². The average molecular weight is 443 g/mol. The monoisotopic (exact) mass is 442 g/mol. The zero-order chi connectivity index (χ0) is 23.0. The van der Waals surface area contributed by atoms with E-state index in [1.165, 1.54) is 16.7 Å². The van der Waals surface area contributed by atoms with Crippen LogP contribution in [0.3, 0.4) is 0 Å². The van der Waals surface area contributed by atoms with E-state index in [2.05, 4.69) is 70.5 Å². The van der Waals surface area contributed by atoms with E-state index in [1.807, 2.05) is 32.3 Å². The van der Waals surface area contributed by atoms with E-state index < -0.39 is 0 Å². The van der Waals surface area contributed by atoms with Crippen LogP contribution in [0, 0.1) is 0 Å². The molecular formula is C29H34N2O2. The minimum Gasteiger partial charge on any atom is -0.378 e. The lowest BCUT2D eigenvalue weighted by Gasteiger charge is -2.29. The Morgan fingerprint density at radius 3 is 2.27 bits per heavy atom. The molecule has 1 unspecified atom stereocenters. The molecule has 4 rings (SSSR count). The van der Waals surface area contributed by atoms with Gasteiger partial charge in [0.05, 0.1) is 19.3 Å². The highest BCUT2D eigenvalue weighted by molar-refractivity contribution is 6.00. The summed E-state index contributed by atoms with van der Waals surface area (Å²) in [5.41, 5.74) is 5.81. The first-order valence-corrected chi connectivity index (χ1v) is 11.9. The maximum absolute atomic E-state index is 13.3. The van der Waals surface area contributed by atoms with Crippen molar-refractivity contribution >= 4 is 11.5 Å². The lowest BCUT2D eigenvalue weighted by molar-refractivity contribution is 0.0864. The molecule has 4 heteroatoms. The van der Waals surface area contributed by atoms with Gasteiger partial charge in [-0.1, -0.05) is 54.6 Å². The molecule has 1 fully saturated rings. The highest BCUT2D eigenvalue weighted by Crippen LogP contribution is 2.26. The van der Waals surface area contributed by atoms with Gasteiger partial charge >= 0.3 is 0 Å². The number of benzene rings is 3. The minimum atomic E-state index is -0.122. The molecule has 0 radical (unpaired) electrons. The number of likely N-dealkylation sites (N-methyl/N-ethyl adjacent to an activating group) is 1. The van der Waals surface area contributed by atoms with Gasteiger partial charge in [-0.15, -0.1) is 0 Å². The minimum absolute atomic E-state index is 0.122. The lowest BCUT2D eigenvalue weighted by atomic mass is 9.93.